The molecule has 0 aromatic heterocycles. The number of hydrogen-bond donors (Lipinski definition) is 1. The summed E-state index contributed by atoms with van der Waals surface area (Å²) in [6.07, 6.45) is -1.52. The highest BCUT2D eigenvalue weighted by Gasteiger charge is 2.46. The second kappa shape index (κ2) is 8.69. The van der Waals surface area contributed by atoms with Crippen LogP contribution >= 0.6 is 7.60 Å². The van der Waals surface area contributed by atoms with Crippen molar-refractivity contribution in [3.05, 3.63) is 0 Å². The van der Waals surface area contributed by atoms with E-state index in [1.165, 1.54) is 0 Å². The van der Waals surface area contributed by atoms with Crippen molar-refractivity contribution in [2.45, 2.75) is 46.4 Å². The molecule has 0 saturated carbocycles. The number of rotatable bonds is 9. The van der Waals surface area contributed by atoms with Crippen molar-refractivity contribution in [2.75, 3.05) is 19.8 Å². The molecule has 0 aromatic rings. The zero-order chi connectivity index (χ0) is 15.1. The van der Waals surface area contributed by atoms with Crippen molar-refractivity contribution in [3.8, 4) is 0 Å². The van der Waals surface area contributed by atoms with Crippen LogP contribution in [0.25, 0.3) is 0 Å². The number of ether oxygens (including phenoxy) is 1. The van der Waals surface area contributed by atoms with E-state index in [2.05, 4.69) is 0 Å². The number of carbonyl (C=O) groups excluding carboxylic acids is 1. The summed E-state index contributed by atoms with van der Waals surface area (Å²) < 4.78 is 27.9. The van der Waals surface area contributed by atoms with Crippen LogP contribution in [0.4, 0.5) is 0 Å². The van der Waals surface area contributed by atoms with Gasteiger partial charge in [-0.15, -0.1) is 0 Å². The van der Waals surface area contributed by atoms with Crippen LogP contribution in [0.1, 0.15) is 34.6 Å². The molecule has 0 aliphatic carbocycles. The predicted octanol–water partition coefficient (Wildman–Crippen LogP) is 2.20. The molecule has 0 radical (unpaired) electrons. The van der Waals surface area contributed by atoms with Gasteiger partial charge in [-0.25, -0.2) is 4.79 Å². The molecular formula is C12H25O6P. The monoisotopic (exact) mass is 296 g/mol. The van der Waals surface area contributed by atoms with Gasteiger partial charge >= 0.3 is 13.6 Å². The molecule has 0 bridgehead atoms. The number of carbonyl (C=O) groups is 1. The normalized spacial score (nSPS) is 15.3. The van der Waals surface area contributed by atoms with Crippen LogP contribution in [0.2, 0.25) is 0 Å². The van der Waals surface area contributed by atoms with Gasteiger partial charge in [-0.1, -0.05) is 13.8 Å². The average Bonchev–Trinajstić information content (AvgIpc) is 2.29. The third-order valence-electron chi connectivity index (χ3n) is 2.52. The average molecular weight is 296 g/mol. The zero-order valence-corrected chi connectivity index (χ0v) is 13.2. The number of aliphatic hydroxyl groups is 1. The Labute approximate surface area is 115 Å². The molecule has 0 amide bonds. The van der Waals surface area contributed by atoms with Crippen molar-refractivity contribution < 1.29 is 28.3 Å². The van der Waals surface area contributed by atoms with Crippen LogP contribution in [0.3, 0.4) is 0 Å². The first-order valence-corrected chi connectivity index (χ1v) is 8.18. The molecule has 0 aromatic carbocycles. The van der Waals surface area contributed by atoms with Crippen LogP contribution in [0.5, 0.6) is 0 Å². The first-order chi connectivity index (χ1) is 8.83. The summed E-state index contributed by atoms with van der Waals surface area (Å²) in [5.41, 5.74) is -0.938. The quantitative estimate of drug-likeness (QED) is 0.519. The van der Waals surface area contributed by atoms with E-state index in [9.17, 15) is 14.5 Å². The molecule has 0 heterocycles. The van der Waals surface area contributed by atoms with Crippen LogP contribution in [-0.4, -0.2) is 42.7 Å². The standard InChI is InChI=1S/C12H25O6P/c1-6-16-12(14)10(13)11(9(4)5)19(15,17-7-2)18-8-3/h9-11,13H,6-8H2,1-5H3/t10-,11+/m0/s1. The highest BCUT2D eigenvalue weighted by molar-refractivity contribution is 7.54. The van der Waals surface area contributed by atoms with E-state index in [-0.39, 0.29) is 25.7 Å². The van der Waals surface area contributed by atoms with E-state index >= 15 is 0 Å². The lowest BCUT2D eigenvalue weighted by atomic mass is 10.1. The van der Waals surface area contributed by atoms with Crippen molar-refractivity contribution in [1.29, 1.82) is 0 Å². The smallest absolute Gasteiger partial charge is 0.337 e. The molecule has 0 aliphatic rings. The summed E-state index contributed by atoms with van der Waals surface area (Å²) >= 11 is 0. The summed E-state index contributed by atoms with van der Waals surface area (Å²) in [7, 11) is -3.57. The van der Waals surface area contributed by atoms with E-state index in [0.717, 1.165) is 0 Å². The summed E-state index contributed by atoms with van der Waals surface area (Å²) in [4.78, 5) is 11.6. The molecule has 0 aliphatic heterocycles. The van der Waals surface area contributed by atoms with Gasteiger partial charge in [0.15, 0.2) is 6.10 Å². The Morgan fingerprint density at radius 2 is 1.58 bits per heavy atom. The number of hydrogen-bond acceptors (Lipinski definition) is 6. The fraction of sp³-hybridized carbons (Fsp3) is 0.917. The lowest BCUT2D eigenvalue weighted by Gasteiger charge is -2.31. The second-order valence-electron chi connectivity index (χ2n) is 4.31. The first kappa shape index (κ1) is 18.6. The van der Waals surface area contributed by atoms with E-state index in [4.69, 9.17) is 13.8 Å². The van der Waals surface area contributed by atoms with Gasteiger partial charge in [0.25, 0.3) is 0 Å². The maximum atomic E-state index is 12.7. The van der Waals surface area contributed by atoms with Gasteiger partial charge < -0.3 is 18.9 Å². The van der Waals surface area contributed by atoms with E-state index in [1.54, 1.807) is 34.6 Å². The lowest BCUT2D eigenvalue weighted by Crippen LogP contribution is -2.39. The van der Waals surface area contributed by atoms with Crippen molar-refractivity contribution in [3.63, 3.8) is 0 Å². The zero-order valence-electron chi connectivity index (χ0n) is 12.3. The van der Waals surface area contributed by atoms with Gasteiger partial charge in [-0.05, 0) is 26.7 Å². The number of aliphatic hydroxyl groups excluding tert-OH is 1. The summed E-state index contributed by atoms with van der Waals surface area (Å²) in [6.45, 7) is 9.00. The molecule has 114 valence electrons. The van der Waals surface area contributed by atoms with Gasteiger partial charge in [0.05, 0.1) is 19.8 Å². The third kappa shape index (κ3) is 5.22. The van der Waals surface area contributed by atoms with Crippen molar-refractivity contribution >= 4 is 13.6 Å². The van der Waals surface area contributed by atoms with Crippen LogP contribution in [0.15, 0.2) is 0 Å². The highest BCUT2D eigenvalue weighted by atomic mass is 31.2. The molecule has 0 saturated heterocycles. The predicted molar refractivity (Wildman–Crippen MR) is 72.1 cm³/mol. The summed E-state index contributed by atoms with van der Waals surface area (Å²) in [5, 5.41) is 10.1. The Bertz CT molecular complexity index is 307. The fourth-order valence-corrected chi connectivity index (χ4v) is 4.18. The van der Waals surface area contributed by atoms with Crippen LogP contribution in [-0.2, 0) is 23.1 Å². The second-order valence-corrected chi connectivity index (χ2v) is 6.50. The first-order valence-electron chi connectivity index (χ1n) is 6.57. The van der Waals surface area contributed by atoms with Gasteiger partial charge in [-0.2, -0.15) is 0 Å². The van der Waals surface area contributed by atoms with E-state index in [0.29, 0.717) is 0 Å². The Hall–Kier alpha value is -0.420. The molecule has 0 rings (SSSR count). The van der Waals surface area contributed by atoms with Gasteiger partial charge in [0, 0.05) is 0 Å². The summed E-state index contributed by atoms with van der Waals surface area (Å²) in [6, 6.07) is 0. The Balaban J connectivity index is 5.25. The Morgan fingerprint density at radius 3 is 1.89 bits per heavy atom. The fourth-order valence-electron chi connectivity index (χ4n) is 1.84. The molecule has 0 unspecified atom stereocenters. The minimum Gasteiger partial charge on any atom is -0.464 e. The molecule has 0 spiro atoms. The van der Waals surface area contributed by atoms with Gasteiger partial charge in [-0.3, -0.25) is 4.57 Å². The molecular weight excluding hydrogens is 271 g/mol. The largest absolute Gasteiger partial charge is 0.464 e. The topological polar surface area (TPSA) is 82.1 Å². The van der Waals surface area contributed by atoms with Crippen LogP contribution in [0, 0.1) is 5.92 Å². The van der Waals surface area contributed by atoms with Gasteiger partial charge in [0.2, 0.25) is 0 Å². The molecule has 0 fully saturated rings. The third-order valence-corrected chi connectivity index (χ3v) is 5.36. The minimum absolute atomic E-state index is 0.147. The Kier molecular flexibility index (Phi) is 8.50. The number of esters is 1. The lowest BCUT2D eigenvalue weighted by molar-refractivity contribution is -0.153. The van der Waals surface area contributed by atoms with Gasteiger partial charge in [0.1, 0.15) is 5.66 Å². The highest BCUT2D eigenvalue weighted by Crippen LogP contribution is 2.56. The molecule has 7 heteroatoms. The van der Waals surface area contributed by atoms with Crippen molar-refractivity contribution in [1.82, 2.24) is 0 Å². The maximum Gasteiger partial charge on any atom is 0.337 e. The molecule has 6 nitrogen and oxygen atoms in total. The Morgan fingerprint density at radius 1 is 1.11 bits per heavy atom. The minimum atomic E-state index is -3.57. The molecule has 2 atom stereocenters. The van der Waals surface area contributed by atoms with Crippen LogP contribution < -0.4 is 0 Å². The SMILES string of the molecule is CCOC(=O)[C@@H](O)[C@@H](C(C)C)P(=O)(OCC)OCC. The molecule has 19 heavy (non-hydrogen) atoms. The maximum absolute atomic E-state index is 12.7. The summed E-state index contributed by atoms with van der Waals surface area (Å²) in [5.74, 6) is -1.07. The molecule has 1 N–H and O–H groups in total. The van der Waals surface area contributed by atoms with E-state index in [1.807, 2.05) is 0 Å². The van der Waals surface area contributed by atoms with E-state index < -0.39 is 25.3 Å². The van der Waals surface area contributed by atoms with Crippen molar-refractivity contribution in [2.24, 2.45) is 5.92 Å².